The smallest absolute Gasteiger partial charge is 0.227 e. The molecule has 6 rings (SSSR count). The van der Waals surface area contributed by atoms with E-state index in [-0.39, 0.29) is 0 Å². The first-order valence-corrected chi connectivity index (χ1v) is 16.4. The van der Waals surface area contributed by atoms with E-state index in [2.05, 4.69) is 57.8 Å². The van der Waals surface area contributed by atoms with E-state index in [1.54, 1.807) is 7.11 Å². The lowest BCUT2D eigenvalue weighted by Crippen LogP contribution is -2.42. The topological polar surface area (TPSA) is 56.8 Å². The highest BCUT2D eigenvalue weighted by molar-refractivity contribution is 5.93. The summed E-state index contributed by atoms with van der Waals surface area (Å²) in [7, 11) is 1.75. The van der Waals surface area contributed by atoms with Crippen molar-refractivity contribution in [1.82, 2.24) is 19.8 Å². The Bertz CT molecular complexity index is 1250. The van der Waals surface area contributed by atoms with Crippen LogP contribution in [0.2, 0.25) is 0 Å². The Kier molecular flexibility index (Phi) is 8.88. The van der Waals surface area contributed by atoms with Crippen LogP contribution in [0.4, 0.5) is 11.8 Å². The Morgan fingerprint density at radius 1 is 0.976 bits per heavy atom. The Labute approximate surface area is 247 Å². The molecule has 0 amide bonds. The minimum Gasteiger partial charge on any atom is -0.495 e. The molecule has 7 heteroatoms. The number of rotatable bonds is 7. The molecule has 41 heavy (non-hydrogen) atoms. The molecule has 4 fully saturated rings. The van der Waals surface area contributed by atoms with E-state index >= 15 is 0 Å². The van der Waals surface area contributed by atoms with Gasteiger partial charge >= 0.3 is 0 Å². The van der Waals surface area contributed by atoms with Crippen molar-refractivity contribution in [2.45, 2.75) is 96.6 Å². The lowest BCUT2D eigenvalue weighted by molar-refractivity contribution is 0.177. The third-order valence-corrected chi connectivity index (χ3v) is 10.2. The highest BCUT2D eigenvalue weighted by Crippen LogP contribution is 2.46. The van der Waals surface area contributed by atoms with E-state index in [1.165, 1.54) is 64.5 Å². The fraction of sp³-hybridized carbons (Fsp3) is 0.706. The second-order valence-corrected chi connectivity index (χ2v) is 13.3. The van der Waals surface area contributed by atoms with Gasteiger partial charge in [-0.25, -0.2) is 4.98 Å². The highest BCUT2D eigenvalue weighted by Gasteiger charge is 2.41. The van der Waals surface area contributed by atoms with Crippen molar-refractivity contribution in [2.75, 3.05) is 63.1 Å². The normalized spacial score (nSPS) is 22.0. The summed E-state index contributed by atoms with van der Waals surface area (Å²) in [6.45, 7) is 12.5. The first-order valence-electron chi connectivity index (χ1n) is 16.4. The second-order valence-electron chi connectivity index (χ2n) is 13.3. The standard InChI is InChI=1S/C34H50N6O/c1-26(2)39-20-12-28(13-21-39)35-32-29-24-31(41-3)27(11-5-10-19-38-17-8-4-9-18-38)23-30(29)36-33(37-32)40-22-16-34(25-40)14-6-7-15-34/h23-24,26,28H,4,6-10,12-22,25H2,1-3H3,(H,35,36,37). The van der Waals surface area contributed by atoms with Crippen LogP contribution in [0.1, 0.15) is 90.0 Å². The minimum atomic E-state index is 0.413. The monoisotopic (exact) mass is 558 g/mol. The van der Waals surface area contributed by atoms with E-state index in [0.717, 1.165) is 86.0 Å². The molecule has 1 aromatic carbocycles. The van der Waals surface area contributed by atoms with Crippen molar-refractivity contribution >= 4 is 22.7 Å². The summed E-state index contributed by atoms with van der Waals surface area (Å²) in [4.78, 5) is 18.0. The third-order valence-electron chi connectivity index (χ3n) is 10.2. The Morgan fingerprint density at radius 2 is 1.76 bits per heavy atom. The molecule has 0 bridgehead atoms. The van der Waals surface area contributed by atoms with Crippen LogP contribution >= 0.6 is 0 Å². The fourth-order valence-electron chi connectivity index (χ4n) is 7.61. The van der Waals surface area contributed by atoms with E-state index in [9.17, 15) is 0 Å². The van der Waals surface area contributed by atoms with E-state index in [0.29, 0.717) is 17.5 Å². The summed E-state index contributed by atoms with van der Waals surface area (Å²) < 4.78 is 5.87. The lowest BCUT2D eigenvalue weighted by Gasteiger charge is -2.35. The minimum absolute atomic E-state index is 0.413. The van der Waals surface area contributed by atoms with Crippen LogP contribution in [-0.2, 0) is 0 Å². The molecular weight excluding hydrogens is 508 g/mol. The van der Waals surface area contributed by atoms with Crippen LogP contribution in [-0.4, -0.2) is 84.8 Å². The van der Waals surface area contributed by atoms with Gasteiger partial charge in [0.05, 0.1) is 18.2 Å². The summed E-state index contributed by atoms with van der Waals surface area (Å²) >= 11 is 0. The van der Waals surface area contributed by atoms with E-state index < -0.39 is 0 Å². The van der Waals surface area contributed by atoms with Crippen LogP contribution in [0.15, 0.2) is 12.1 Å². The van der Waals surface area contributed by atoms with Gasteiger partial charge in [-0.05, 0) is 89.4 Å². The van der Waals surface area contributed by atoms with Crippen molar-refractivity contribution < 1.29 is 4.74 Å². The first kappa shape index (κ1) is 28.6. The van der Waals surface area contributed by atoms with E-state index in [1.807, 2.05) is 0 Å². The number of anilines is 2. The van der Waals surface area contributed by atoms with Crippen molar-refractivity contribution in [3.05, 3.63) is 17.7 Å². The number of piperidine rings is 2. The average molecular weight is 559 g/mol. The maximum atomic E-state index is 5.87. The number of methoxy groups -OCH3 is 1. The second kappa shape index (κ2) is 12.8. The molecule has 0 unspecified atom stereocenters. The van der Waals surface area contributed by atoms with Gasteiger partial charge in [-0.1, -0.05) is 31.1 Å². The van der Waals surface area contributed by atoms with Crippen molar-refractivity contribution in [3.8, 4) is 17.6 Å². The number of nitrogens with one attached hydrogen (secondary N) is 1. The zero-order chi connectivity index (χ0) is 28.2. The Hall–Kier alpha value is -2.56. The first-order chi connectivity index (χ1) is 20.0. The number of fused-ring (bicyclic) bond motifs is 1. The summed E-state index contributed by atoms with van der Waals surface area (Å²) in [6.07, 6.45) is 13.9. The molecule has 3 saturated heterocycles. The van der Waals surface area contributed by atoms with Gasteiger partial charge in [-0.15, -0.1) is 0 Å². The zero-order valence-corrected chi connectivity index (χ0v) is 25.7. The molecule has 4 aliphatic rings. The number of hydrogen-bond donors (Lipinski definition) is 1. The van der Waals surface area contributed by atoms with Crippen LogP contribution < -0.4 is 15.0 Å². The molecule has 2 aromatic rings. The molecular formula is C34H50N6O. The molecule has 222 valence electrons. The molecule has 1 aliphatic carbocycles. The number of hydrogen-bond acceptors (Lipinski definition) is 7. The van der Waals surface area contributed by atoms with Gasteiger partial charge in [0.1, 0.15) is 11.6 Å². The van der Waals surface area contributed by atoms with Crippen LogP contribution in [0.3, 0.4) is 0 Å². The summed E-state index contributed by atoms with van der Waals surface area (Å²) in [5.74, 6) is 9.51. The molecule has 1 saturated carbocycles. The Morgan fingerprint density at radius 3 is 2.49 bits per heavy atom. The summed E-state index contributed by atoms with van der Waals surface area (Å²) in [6, 6.07) is 5.27. The predicted octanol–water partition coefficient (Wildman–Crippen LogP) is 5.92. The van der Waals surface area contributed by atoms with Crippen molar-refractivity contribution in [2.24, 2.45) is 5.41 Å². The third kappa shape index (κ3) is 6.60. The van der Waals surface area contributed by atoms with Crippen LogP contribution in [0.5, 0.6) is 5.75 Å². The molecule has 0 atom stereocenters. The van der Waals surface area contributed by atoms with Crippen molar-refractivity contribution in [1.29, 1.82) is 0 Å². The quantitative estimate of drug-likeness (QED) is 0.423. The number of nitrogens with zero attached hydrogens (tertiary/aromatic N) is 5. The van der Waals surface area contributed by atoms with Gasteiger partial charge in [-0.3, -0.25) is 0 Å². The fourth-order valence-corrected chi connectivity index (χ4v) is 7.61. The molecule has 1 N–H and O–H groups in total. The number of aromatic nitrogens is 2. The van der Waals surface area contributed by atoms with Crippen molar-refractivity contribution in [3.63, 3.8) is 0 Å². The summed E-state index contributed by atoms with van der Waals surface area (Å²) in [5, 5.41) is 4.90. The predicted molar refractivity (Wildman–Crippen MR) is 169 cm³/mol. The van der Waals surface area contributed by atoms with Gasteiger partial charge in [0.15, 0.2) is 0 Å². The average Bonchev–Trinajstić information content (AvgIpc) is 3.65. The molecule has 0 radical (unpaired) electrons. The number of ether oxygens (including phenoxy) is 1. The molecule has 1 spiro atoms. The largest absolute Gasteiger partial charge is 0.495 e. The number of benzene rings is 1. The van der Waals surface area contributed by atoms with Gasteiger partial charge < -0.3 is 24.8 Å². The van der Waals surface area contributed by atoms with E-state index in [4.69, 9.17) is 14.7 Å². The van der Waals surface area contributed by atoms with Gasteiger partial charge in [-0.2, -0.15) is 4.98 Å². The molecule has 1 aromatic heterocycles. The van der Waals surface area contributed by atoms with Crippen LogP contribution in [0, 0.1) is 17.3 Å². The molecule has 4 heterocycles. The maximum absolute atomic E-state index is 5.87. The molecule has 7 nitrogen and oxygen atoms in total. The summed E-state index contributed by atoms with van der Waals surface area (Å²) in [5.41, 5.74) is 2.36. The SMILES string of the molecule is COc1cc2c(NC3CCN(C(C)C)CC3)nc(N3CCC4(CCCC4)C3)nc2cc1C#CCCN1CCCCC1. The van der Waals surface area contributed by atoms with Gasteiger partial charge in [0, 0.05) is 56.6 Å². The highest BCUT2D eigenvalue weighted by atomic mass is 16.5. The molecule has 3 aliphatic heterocycles. The maximum Gasteiger partial charge on any atom is 0.227 e. The zero-order valence-electron chi connectivity index (χ0n) is 25.7. The van der Waals surface area contributed by atoms with Gasteiger partial charge in [0.2, 0.25) is 5.95 Å². The van der Waals surface area contributed by atoms with Gasteiger partial charge in [0.25, 0.3) is 0 Å². The van der Waals surface area contributed by atoms with Crippen LogP contribution in [0.25, 0.3) is 10.9 Å². The Balaban J connectivity index is 1.28. The number of likely N-dealkylation sites (tertiary alicyclic amines) is 2. The lowest BCUT2D eigenvalue weighted by atomic mass is 9.86.